The molecule has 4 atom stereocenters. The van der Waals surface area contributed by atoms with Crippen LogP contribution in [0.3, 0.4) is 0 Å². The van der Waals surface area contributed by atoms with Gasteiger partial charge in [0.2, 0.25) is 0 Å². The third-order valence-electron chi connectivity index (χ3n) is 4.08. The number of hydrogen-bond donors (Lipinski definition) is 6. The van der Waals surface area contributed by atoms with Crippen LogP contribution < -0.4 is 0 Å². The summed E-state index contributed by atoms with van der Waals surface area (Å²) >= 11 is 39.2. The predicted octanol–water partition coefficient (Wildman–Crippen LogP) is 7.50. The molecule has 0 aromatic carbocycles. The maximum atomic E-state index is 4.89. The molecule has 1 aliphatic rings. The molecule has 0 bridgehead atoms. The third kappa shape index (κ3) is 14.5. The first kappa shape index (κ1) is 30.2. The Bertz CT molecular complexity index is 320. The fraction of sp³-hybridized carbons (Fsp3) is 1.00. The van der Waals surface area contributed by atoms with Gasteiger partial charge in [0.1, 0.15) is 0 Å². The summed E-state index contributed by atoms with van der Waals surface area (Å²) < 4.78 is 1.13. The minimum atomic E-state index is 0.467. The van der Waals surface area contributed by atoms with E-state index in [2.05, 4.69) is 74.0 Å². The quantitative estimate of drug-likeness (QED) is 0.0788. The van der Waals surface area contributed by atoms with E-state index in [9.17, 15) is 0 Å². The molecule has 0 aromatic heterocycles. The van der Waals surface area contributed by atoms with E-state index in [1.807, 2.05) is 47.0 Å². The van der Waals surface area contributed by atoms with Crippen LogP contribution >= 0.6 is 146 Å². The maximum absolute atomic E-state index is 4.89. The van der Waals surface area contributed by atoms with Crippen LogP contribution in [-0.2, 0) is 0 Å². The molecule has 12 heteroatoms. The summed E-state index contributed by atoms with van der Waals surface area (Å²) in [5.41, 5.74) is 0. The van der Waals surface area contributed by atoms with Crippen molar-refractivity contribution in [2.45, 2.75) is 55.8 Å². The lowest BCUT2D eigenvalue weighted by atomic mass is 10.2. The highest BCUT2D eigenvalue weighted by Gasteiger charge is 2.27. The van der Waals surface area contributed by atoms with Gasteiger partial charge in [0.15, 0.2) is 0 Å². The molecule has 0 nitrogen and oxygen atoms in total. The van der Waals surface area contributed by atoms with Gasteiger partial charge >= 0.3 is 0 Å². The van der Waals surface area contributed by atoms with Crippen molar-refractivity contribution in [2.75, 3.05) is 31.8 Å². The molecule has 0 amide bonds. The van der Waals surface area contributed by atoms with Crippen molar-refractivity contribution in [1.29, 1.82) is 0 Å². The summed E-state index contributed by atoms with van der Waals surface area (Å²) in [7, 11) is 0. The molecule has 1 fully saturated rings. The third-order valence-corrected chi connectivity index (χ3v) is 14.5. The molecule has 4 unspecified atom stereocenters. The lowest BCUT2D eigenvalue weighted by Gasteiger charge is -2.31. The summed E-state index contributed by atoms with van der Waals surface area (Å²) in [6.07, 6.45) is 4.68. The van der Waals surface area contributed by atoms with Crippen LogP contribution in [0.4, 0.5) is 0 Å². The van der Waals surface area contributed by atoms with E-state index >= 15 is 0 Å². The fourth-order valence-electron chi connectivity index (χ4n) is 2.80. The molecule has 1 heterocycles. The molecule has 0 saturated carbocycles. The SMILES string of the molecule is SCSC(CC(S)CC1CSC(CC(S)CC(SCS)SCS)CS1)SCS. The van der Waals surface area contributed by atoms with Gasteiger partial charge in [-0.05, 0) is 25.7 Å². The van der Waals surface area contributed by atoms with E-state index in [4.69, 9.17) is 25.3 Å². The molecule has 0 spiro atoms. The van der Waals surface area contributed by atoms with Gasteiger partial charge in [-0.25, -0.2) is 0 Å². The summed E-state index contributed by atoms with van der Waals surface area (Å²) in [5.74, 6) is 2.49. The highest BCUT2D eigenvalue weighted by Crippen LogP contribution is 2.39. The average Bonchev–Trinajstić information content (AvgIpc) is 2.64. The Morgan fingerprint density at radius 3 is 1.21 bits per heavy atom. The predicted molar refractivity (Wildman–Crippen MR) is 170 cm³/mol. The zero-order valence-electron chi connectivity index (χ0n) is 15.7. The van der Waals surface area contributed by atoms with Crippen LogP contribution in [0.5, 0.6) is 0 Å². The largest absolute Gasteiger partial charge is 0.176 e. The second-order valence-corrected chi connectivity index (χ2v) is 18.7. The summed E-state index contributed by atoms with van der Waals surface area (Å²) in [5, 5.41) is 5.87. The zero-order valence-corrected chi connectivity index (χ0v) is 25.9. The van der Waals surface area contributed by atoms with Crippen LogP contribution in [0.25, 0.3) is 0 Å². The van der Waals surface area contributed by atoms with Gasteiger partial charge in [0, 0.05) is 52.8 Å². The molecule has 28 heavy (non-hydrogen) atoms. The Morgan fingerprint density at radius 2 is 0.964 bits per heavy atom. The Kier molecular flexibility index (Phi) is 21.1. The molecular formula is C16H32S12. The van der Waals surface area contributed by atoms with Crippen molar-refractivity contribution < 1.29 is 0 Å². The number of thioether (sulfide) groups is 6. The number of thiol groups is 6. The van der Waals surface area contributed by atoms with Crippen LogP contribution in [0, 0.1) is 0 Å². The van der Waals surface area contributed by atoms with Gasteiger partial charge in [-0.3, -0.25) is 0 Å². The van der Waals surface area contributed by atoms with E-state index in [0.29, 0.717) is 19.7 Å². The highest BCUT2D eigenvalue weighted by molar-refractivity contribution is 8.23. The monoisotopic (exact) mass is 608 g/mol. The Labute approximate surface area is 231 Å². The second-order valence-electron chi connectivity index (χ2n) is 6.20. The van der Waals surface area contributed by atoms with Crippen LogP contribution in [0.2, 0.25) is 0 Å². The lowest BCUT2D eigenvalue weighted by molar-refractivity contribution is 0.709. The zero-order chi connectivity index (χ0) is 20.8. The van der Waals surface area contributed by atoms with Gasteiger partial charge in [0.25, 0.3) is 0 Å². The first-order valence-corrected chi connectivity index (χ1v) is 18.9. The Hall–Kier alpha value is 4.20. The van der Waals surface area contributed by atoms with Gasteiger partial charge < -0.3 is 0 Å². The molecule has 1 aliphatic heterocycles. The first-order valence-electron chi connectivity index (χ1n) is 9.01. The van der Waals surface area contributed by atoms with Crippen LogP contribution in [0.15, 0.2) is 0 Å². The highest BCUT2D eigenvalue weighted by atomic mass is 32.2. The van der Waals surface area contributed by atoms with E-state index in [-0.39, 0.29) is 0 Å². The maximum Gasteiger partial charge on any atom is 0.0529 e. The number of rotatable bonds is 16. The van der Waals surface area contributed by atoms with Gasteiger partial charge in [-0.2, -0.15) is 99.3 Å². The van der Waals surface area contributed by atoms with Gasteiger partial charge in [-0.1, -0.05) is 0 Å². The summed E-state index contributed by atoms with van der Waals surface area (Å²) in [4.78, 5) is 0. The Balaban J connectivity index is 2.28. The van der Waals surface area contributed by atoms with E-state index in [1.54, 1.807) is 0 Å². The first-order chi connectivity index (χ1) is 13.5. The molecule has 0 aliphatic carbocycles. The van der Waals surface area contributed by atoms with Crippen molar-refractivity contribution >= 4 is 146 Å². The van der Waals surface area contributed by atoms with Crippen molar-refractivity contribution in [3.05, 3.63) is 0 Å². The molecule has 168 valence electrons. The fourth-order valence-corrected chi connectivity index (χ4v) is 14.9. The lowest BCUT2D eigenvalue weighted by Crippen LogP contribution is -2.27. The summed E-state index contributed by atoms with van der Waals surface area (Å²) in [6, 6.07) is 0. The molecule has 1 saturated heterocycles. The second kappa shape index (κ2) is 19.5. The average molecular weight is 609 g/mol. The van der Waals surface area contributed by atoms with E-state index in [1.165, 1.54) is 24.3 Å². The molecule has 0 radical (unpaired) electrons. The van der Waals surface area contributed by atoms with Gasteiger partial charge in [0.05, 0.1) is 9.16 Å². The molecule has 0 aromatic rings. The van der Waals surface area contributed by atoms with Crippen molar-refractivity contribution in [2.24, 2.45) is 0 Å². The summed E-state index contributed by atoms with van der Waals surface area (Å²) in [6.45, 7) is 0. The molecule has 1 rings (SSSR count). The topological polar surface area (TPSA) is 0 Å². The minimum absolute atomic E-state index is 0.467. The van der Waals surface area contributed by atoms with Gasteiger partial charge in [-0.15, -0.1) is 47.0 Å². The minimum Gasteiger partial charge on any atom is -0.176 e. The van der Waals surface area contributed by atoms with Crippen molar-refractivity contribution in [1.82, 2.24) is 0 Å². The molecule has 0 N–H and O–H groups in total. The number of hydrogen-bond acceptors (Lipinski definition) is 12. The molecular weight excluding hydrogens is 577 g/mol. The van der Waals surface area contributed by atoms with Crippen LogP contribution in [-0.4, -0.2) is 62.0 Å². The van der Waals surface area contributed by atoms with Crippen LogP contribution in [0.1, 0.15) is 25.7 Å². The van der Waals surface area contributed by atoms with E-state index in [0.717, 1.165) is 43.7 Å². The Morgan fingerprint density at radius 1 is 0.643 bits per heavy atom. The van der Waals surface area contributed by atoms with E-state index < -0.39 is 0 Å². The van der Waals surface area contributed by atoms with Crippen molar-refractivity contribution in [3.63, 3.8) is 0 Å². The standard InChI is InChI=1S/C16H32S12/c17-7-25-15(26-8-18)3-11(21)1-13-5-24-14(6-23-13)2-12(22)4-16(27-9-19)28-10-20/h11-22H,1-10H2. The smallest absolute Gasteiger partial charge is 0.0529 e. The normalized spacial score (nSPS) is 22.7. The van der Waals surface area contributed by atoms with Crippen molar-refractivity contribution in [3.8, 4) is 0 Å².